The van der Waals surface area contributed by atoms with Crippen molar-refractivity contribution in [1.82, 2.24) is 0 Å². The van der Waals surface area contributed by atoms with Crippen molar-refractivity contribution in [1.29, 1.82) is 5.26 Å². The van der Waals surface area contributed by atoms with Crippen molar-refractivity contribution in [3.05, 3.63) is 29.8 Å². The maximum Gasteiger partial charge on any atom is 0.494 e. The summed E-state index contributed by atoms with van der Waals surface area (Å²) in [7, 11) is -0.327. The first-order valence-electron chi connectivity index (χ1n) is 6.67. The third kappa shape index (κ3) is 2.83. The predicted molar refractivity (Wildman–Crippen MR) is 76.1 cm³/mol. The van der Waals surface area contributed by atoms with E-state index in [1.54, 1.807) is 0 Å². The molecule has 100 valence electrons. The summed E-state index contributed by atoms with van der Waals surface area (Å²) in [6.45, 7) is 8.19. The summed E-state index contributed by atoms with van der Waals surface area (Å²) < 4.78 is 12.0. The van der Waals surface area contributed by atoms with Crippen molar-refractivity contribution in [3.8, 4) is 6.07 Å². The summed E-state index contributed by atoms with van der Waals surface area (Å²) in [6.07, 6.45) is 1.30. The molecule has 2 rings (SSSR count). The Balaban J connectivity index is 2.18. The predicted octanol–water partition coefficient (Wildman–Crippen LogP) is 2.44. The van der Waals surface area contributed by atoms with Crippen LogP contribution < -0.4 is 5.46 Å². The molecule has 1 aliphatic rings. The quantitative estimate of drug-likeness (QED) is 0.781. The molecule has 1 heterocycles. The Morgan fingerprint density at radius 3 is 2.37 bits per heavy atom. The van der Waals surface area contributed by atoms with Crippen LogP contribution in [0.1, 0.15) is 39.7 Å². The van der Waals surface area contributed by atoms with E-state index in [-0.39, 0.29) is 18.3 Å². The Bertz CT molecular complexity index is 489. The molecule has 0 N–H and O–H groups in total. The van der Waals surface area contributed by atoms with Crippen LogP contribution in [0.2, 0.25) is 0 Å². The van der Waals surface area contributed by atoms with Crippen LogP contribution in [0, 0.1) is 11.3 Å². The van der Waals surface area contributed by atoms with Crippen LogP contribution in [-0.4, -0.2) is 18.3 Å². The molecular weight excluding hydrogens is 237 g/mol. The van der Waals surface area contributed by atoms with Crippen LogP contribution in [0.4, 0.5) is 0 Å². The molecule has 0 saturated carbocycles. The van der Waals surface area contributed by atoms with Gasteiger partial charge in [0.15, 0.2) is 0 Å². The van der Waals surface area contributed by atoms with Gasteiger partial charge in [-0.1, -0.05) is 24.3 Å². The van der Waals surface area contributed by atoms with E-state index in [1.165, 1.54) is 0 Å². The molecule has 1 aromatic rings. The molecule has 0 atom stereocenters. The topological polar surface area (TPSA) is 42.2 Å². The van der Waals surface area contributed by atoms with E-state index in [1.807, 2.05) is 45.9 Å². The van der Waals surface area contributed by atoms with Gasteiger partial charge in [-0.3, -0.25) is 0 Å². The molecule has 1 aromatic carbocycles. The number of nitriles is 1. The van der Waals surface area contributed by atoms with Gasteiger partial charge >= 0.3 is 7.12 Å². The van der Waals surface area contributed by atoms with Crippen molar-refractivity contribution < 1.29 is 9.31 Å². The van der Waals surface area contributed by atoms with Gasteiger partial charge in [0, 0.05) is 6.42 Å². The zero-order valence-electron chi connectivity index (χ0n) is 12.1. The fraction of sp³-hybridized carbons (Fsp3) is 0.533. The van der Waals surface area contributed by atoms with Crippen LogP contribution in [-0.2, 0) is 15.7 Å². The van der Waals surface area contributed by atoms with Gasteiger partial charge in [0.25, 0.3) is 0 Å². The summed E-state index contributed by atoms with van der Waals surface area (Å²) in [5.41, 5.74) is 1.53. The summed E-state index contributed by atoms with van der Waals surface area (Å²) in [5.74, 6) is 0. The van der Waals surface area contributed by atoms with Crippen LogP contribution >= 0.6 is 0 Å². The van der Waals surface area contributed by atoms with Crippen LogP contribution in [0.5, 0.6) is 0 Å². The first kappa shape index (κ1) is 14.1. The lowest BCUT2D eigenvalue weighted by Gasteiger charge is -2.32. The number of aryl methyl sites for hydroxylation is 1. The molecule has 0 bridgehead atoms. The summed E-state index contributed by atoms with van der Waals surface area (Å²) in [5, 5.41) is 8.65. The number of nitrogens with zero attached hydrogens (tertiary/aromatic N) is 1. The van der Waals surface area contributed by atoms with E-state index >= 15 is 0 Å². The molecule has 1 saturated heterocycles. The monoisotopic (exact) mass is 257 g/mol. The van der Waals surface area contributed by atoms with E-state index in [4.69, 9.17) is 14.6 Å². The van der Waals surface area contributed by atoms with Crippen LogP contribution in [0.25, 0.3) is 0 Å². The van der Waals surface area contributed by atoms with Crippen LogP contribution in [0.3, 0.4) is 0 Å². The first-order chi connectivity index (χ1) is 8.86. The molecule has 4 heteroatoms. The minimum atomic E-state index is -0.327. The van der Waals surface area contributed by atoms with Crippen molar-refractivity contribution >= 4 is 12.6 Å². The van der Waals surface area contributed by atoms with Gasteiger partial charge in [0.2, 0.25) is 0 Å². The van der Waals surface area contributed by atoms with Gasteiger partial charge in [0.1, 0.15) is 0 Å². The largest absolute Gasteiger partial charge is 0.494 e. The summed E-state index contributed by atoms with van der Waals surface area (Å²) in [6, 6.07) is 10.3. The van der Waals surface area contributed by atoms with E-state index in [0.29, 0.717) is 6.42 Å². The molecular formula is C15H20BNO2. The number of hydrogen-bond donors (Lipinski definition) is 0. The lowest BCUT2D eigenvalue weighted by Crippen LogP contribution is -2.41. The number of rotatable bonds is 3. The molecule has 0 spiro atoms. The highest BCUT2D eigenvalue weighted by atomic mass is 16.7. The second-order valence-electron chi connectivity index (χ2n) is 5.99. The minimum absolute atomic E-state index is 0.319. The van der Waals surface area contributed by atoms with Gasteiger partial charge in [-0.2, -0.15) is 5.26 Å². The smallest absolute Gasteiger partial charge is 0.399 e. The Labute approximate surface area is 115 Å². The number of benzene rings is 1. The standard InChI is InChI=1S/C15H20BNO2/c1-14(2)15(3,4)19-16(18-14)13-9-5-7-12(11-13)8-6-10-17/h5,7,9,11H,6,8H2,1-4H3. The lowest BCUT2D eigenvalue weighted by molar-refractivity contribution is 0.00578. The highest BCUT2D eigenvalue weighted by molar-refractivity contribution is 6.62. The fourth-order valence-corrected chi connectivity index (χ4v) is 2.07. The summed E-state index contributed by atoms with van der Waals surface area (Å²) >= 11 is 0. The Hall–Kier alpha value is -1.31. The van der Waals surface area contributed by atoms with Crippen molar-refractivity contribution in [2.75, 3.05) is 0 Å². The second kappa shape index (κ2) is 4.99. The van der Waals surface area contributed by atoms with Gasteiger partial charge in [-0.25, -0.2) is 0 Å². The SMILES string of the molecule is CC1(C)OB(c2cccc(CCC#N)c2)OC1(C)C. The van der Waals surface area contributed by atoms with Gasteiger partial charge < -0.3 is 9.31 Å². The highest BCUT2D eigenvalue weighted by Gasteiger charge is 2.51. The van der Waals surface area contributed by atoms with Crippen molar-refractivity contribution in [2.45, 2.75) is 51.7 Å². The molecule has 3 nitrogen and oxygen atoms in total. The molecule has 0 aromatic heterocycles. The Morgan fingerprint density at radius 1 is 1.16 bits per heavy atom. The molecule has 0 amide bonds. The second-order valence-corrected chi connectivity index (χ2v) is 5.99. The van der Waals surface area contributed by atoms with Gasteiger partial charge in [-0.05, 0) is 45.1 Å². The van der Waals surface area contributed by atoms with Gasteiger partial charge in [-0.15, -0.1) is 0 Å². The maximum absolute atomic E-state index is 8.65. The molecule has 19 heavy (non-hydrogen) atoms. The summed E-state index contributed by atoms with van der Waals surface area (Å²) in [4.78, 5) is 0. The Morgan fingerprint density at radius 2 is 1.79 bits per heavy atom. The van der Waals surface area contributed by atoms with E-state index in [9.17, 15) is 0 Å². The number of hydrogen-bond acceptors (Lipinski definition) is 3. The van der Waals surface area contributed by atoms with Crippen molar-refractivity contribution in [3.63, 3.8) is 0 Å². The average Bonchev–Trinajstić information content (AvgIpc) is 2.56. The lowest BCUT2D eigenvalue weighted by atomic mass is 9.78. The van der Waals surface area contributed by atoms with Gasteiger partial charge in [0.05, 0.1) is 17.3 Å². The van der Waals surface area contributed by atoms with Crippen LogP contribution in [0.15, 0.2) is 24.3 Å². The third-order valence-electron chi connectivity index (χ3n) is 4.00. The molecule has 0 unspecified atom stereocenters. The normalized spacial score (nSPS) is 20.3. The molecule has 1 fully saturated rings. The minimum Gasteiger partial charge on any atom is -0.399 e. The molecule has 0 aliphatic carbocycles. The molecule has 0 radical (unpaired) electrons. The Kier molecular flexibility index (Phi) is 3.71. The zero-order chi connectivity index (χ0) is 14.1. The first-order valence-corrected chi connectivity index (χ1v) is 6.67. The zero-order valence-corrected chi connectivity index (χ0v) is 12.1. The van der Waals surface area contributed by atoms with Crippen molar-refractivity contribution in [2.24, 2.45) is 0 Å². The molecule has 1 aliphatic heterocycles. The fourth-order valence-electron chi connectivity index (χ4n) is 2.07. The highest BCUT2D eigenvalue weighted by Crippen LogP contribution is 2.36. The third-order valence-corrected chi connectivity index (χ3v) is 4.00. The van der Waals surface area contributed by atoms with E-state index < -0.39 is 0 Å². The average molecular weight is 257 g/mol. The van der Waals surface area contributed by atoms with E-state index in [0.717, 1.165) is 17.4 Å². The van der Waals surface area contributed by atoms with E-state index in [2.05, 4.69) is 12.1 Å². The maximum atomic E-state index is 8.65.